The van der Waals surface area contributed by atoms with Crippen molar-refractivity contribution in [2.45, 2.75) is 19.9 Å². The van der Waals surface area contributed by atoms with Crippen molar-refractivity contribution in [3.63, 3.8) is 0 Å². The van der Waals surface area contributed by atoms with Crippen molar-refractivity contribution in [1.82, 2.24) is 4.57 Å². The maximum absolute atomic E-state index is 11.8. The maximum Gasteiger partial charge on any atom is 0.419 e. The topological polar surface area (TPSA) is 90.5 Å². The zero-order valence-corrected chi connectivity index (χ0v) is 14.2. The summed E-state index contributed by atoms with van der Waals surface area (Å²) in [6, 6.07) is 14.3. The zero-order valence-electron chi connectivity index (χ0n) is 14.2. The second-order valence-electron chi connectivity index (χ2n) is 5.82. The molecule has 1 amide bonds. The molecule has 7 heteroatoms. The molecular weight excluding hydrogens is 336 g/mol. The molecule has 0 saturated heterocycles. The Kier molecular flexibility index (Phi) is 5.17. The van der Waals surface area contributed by atoms with Gasteiger partial charge >= 0.3 is 11.7 Å². The normalized spacial score (nSPS) is 10.7. The summed E-state index contributed by atoms with van der Waals surface area (Å²) in [5, 5.41) is 2.65. The van der Waals surface area contributed by atoms with Gasteiger partial charge in [-0.25, -0.2) is 4.79 Å². The molecule has 7 nitrogen and oxygen atoms in total. The first-order valence-electron chi connectivity index (χ1n) is 8.13. The lowest BCUT2D eigenvalue weighted by Gasteiger charge is -2.07. The molecule has 0 aliphatic rings. The molecule has 134 valence electrons. The minimum Gasteiger partial charge on any atom is -0.456 e. The maximum atomic E-state index is 11.8. The Labute approximate surface area is 149 Å². The Morgan fingerprint density at radius 1 is 1.15 bits per heavy atom. The van der Waals surface area contributed by atoms with Gasteiger partial charge in [0.2, 0.25) is 0 Å². The van der Waals surface area contributed by atoms with Crippen LogP contribution in [-0.2, 0) is 20.9 Å². The quantitative estimate of drug-likeness (QED) is 0.687. The number of carbonyl (C=O) groups is 2. The number of nitrogens with zero attached hydrogens (tertiary/aromatic N) is 1. The van der Waals surface area contributed by atoms with E-state index in [2.05, 4.69) is 5.32 Å². The predicted molar refractivity (Wildman–Crippen MR) is 95.9 cm³/mol. The van der Waals surface area contributed by atoms with E-state index in [-0.39, 0.29) is 19.6 Å². The summed E-state index contributed by atoms with van der Waals surface area (Å²) >= 11 is 0. The number of esters is 1. The Morgan fingerprint density at radius 3 is 2.77 bits per heavy atom. The third-order valence-corrected chi connectivity index (χ3v) is 3.78. The average Bonchev–Trinajstić information content (AvgIpc) is 2.93. The minimum absolute atomic E-state index is 0.0405. The molecule has 0 saturated carbocycles. The van der Waals surface area contributed by atoms with E-state index in [4.69, 9.17) is 9.15 Å². The highest BCUT2D eigenvalue weighted by Gasteiger charge is 2.12. The summed E-state index contributed by atoms with van der Waals surface area (Å²) in [4.78, 5) is 35.5. The van der Waals surface area contributed by atoms with Gasteiger partial charge in [-0.05, 0) is 36.8 Å². The molecule has 2 aromatic carbocycles. The van der Waals surface area contributed by atoms with E-state index in [0.29, 0.717) is 16.8 Å². The van der Waals surface area contributed by atoms with Crippen molar-refractivity contribution in [2.75, 3.05) is 11.9 Å². The number of hydrogen-bond donors (Lipinski definition) is 1. The average molecular weight is 354 g/mol. The van der Waals surface area contributed by atoms with E-state index >= 15 is 0 Å². The van der Waals surface area contributed by atoms with Gasteiger partial charge in [0, 0.05) is 12.2 Å². The van der Waals surface area contributed by atoms with E-state index < -0.39 is 17.6 Å². The Balaban J connectivity index is 1.50. The smallest absolute Gasteiger partial charge is 0.419 e. The van der Waals surface area contributed by atoms with Gasteiger partial charge in [0.15, 0.2) is 12.2 Å². The van der Waals surface area contributed by atoms with E-state index in [9.17, 15) is 14.4 Å². The summed E-state index contributed by atoms with van der Waals surface area (Å²) in [5.41, 5.74) is 2.73. The molecule has 0 unspecified atom stereocenters. The van der Waals surface area contributed by atoms with Crippen LogP contribution >= 0.6 is 0 Å². The number of aromatic nitrogens is 1. The van der Waals surface area contributed by atoms with Crippen LogP contribution in [0.15, 0.2) is 57.7 Å². The second kappa shape index (κ2) is 7.69. The lowest BCUT2D eigenvalue weighted by Crippen LogP contribution is -2.22. The number of oxazole rings is 1. The van der Waals surface area contributed by atoms with Gasteiger partial charge in [0.1, 0.15) is 0 Å². The predicted octanol–water partition coefficient (Wildman–Crippen LogP) is 2.47. The Morgan fingerprint density at radius 2 is 1.96 bits per heavy atom. The van der Waals surface area contributed by atoms with Crippen molar-refractivity contribution < 1.29 is 18.7 Å². The lowest BCUT2D eigenvalue weighted by atomic mass is 10.2. The van der Waals surface area contributed by atoms with Crippen LogP contribution < -0.4 is 11.1 Å². The summed E-state index contributed by atoms with van der Waals surface area (Å²) in [5.74, 6) is -1.52. The molecule has 1 heterocycles. The van der Waals surface area contributed by atoms with Crippen molar-refractivity contribution >= 4 is 28.7 Å². The number of para-hydroxylation sites is 2. The van der Waals surface area contributed by atoms with Crippen LogP contribution in [0.25, 0.3) is 11.1 Å². The Bertz CT molecular complexity index is 1000. The molecule has 0 aliphatic heterocycles. The fraction of sp³-hybridized carbons (Fsp3) is 0.211. The largest absolute Gasteiger partial charge is 0.456 e. The monoisotopic (exact) mass is 354 g/mol. The van der Waals surface area contributed by atoms with Gasteiger partial charge in [-0.3, -0.25) is 14.2 Å². The molecule has 3 aromatic rings. The SMILES string of the molecule is Cc1cccc(NC(=O)COC(=O)CCn2c(=O)oc3ccccc32)c1. The fourth-order valence-corrected chi connectivity index (χ4v) is 2.57. The number of aryl methyl sites for hydroxylation is 2. The third kappa shape index (κ3) is 4.18. The van der Waals surface area contributed by atoms with Gasteiger partial charge in [-0.15, -0.1) is 0 Å². The number of nitrogens with one attached hydrogen (secondary N) is 1. The van der Waals surface area contributed by atoms with Crippen LogP contribution in [0.4, 0.5) is 5.69 Å². The van der Waals surface area contributed by atoms with Crippen LogP contribution in [0.5, 0.6) is 0 Å². The number of hydrogen-bond acceptors (Lipinski definition) is 5. The number of rotatable bonds is 6. The molecule has 0 bridgehead atoms. The number of benzene rings is 2. The molecular formula is C19H18N2O5. The minimum atomic E-state index is -0.568. The van der Waals surface area contributed by atoms with Gasteiger partial charge < -0.3 is 14.5 Å². The van der Waals surface area contributed by atoms with E-state index in [1.165, 1.54) is 4.57 Å². The molecule has 0 spiro atoms. The van der Waals surface area contributed by atoms with Crippen LogP contribution in [0.2, 0.25) is 0 Å². The number of carbonyl (C=O) groups excluding carboxylic acids is 2. The van der Waals surface area contributed by atoms with Crippen molar-refractivity contribution in [3.8, 4) is 0 Å². The van der Waals surface area contributed by atoms with Gasteiger partial charge in [-0.1, -0.05) is 24.3 Å². The number of fused-ring (bicyclic) bond motifs is 1. The molecule has 26 heavy (non-hydrogen) atoms. The first kappa shape index (κ1) is 17.5. The first-order chi connectivity index (χ1) is 12.5. The Hall–Kier alpha value is -3.35. The van der Waals surface area contributed by atoms with Crippen molar-refractivity contribution in [3.05, 3.63) is 64.6 Å². The van der Waals surface area contributed by atoms with Crippen LogP contribution in [0, 0.1) is 6.92 Å². The van der Waals surface area contributed by atoms with E-state index in [0.717, 1.165) is 5.56 Å². The van der Waals surface area contributed by atoms with Crippen molar-refractivity contribution in [1.29, 1.82) is 0 Å². The highest BCUT2D eigenvalue weighted by Crippen LogP contribution is 2.12. The molecule has 0 atom stereocenters. The number of ether oxygens (including phenoxy) is 1. The molecule has 1 N–H and O–H groups in total. The molecule has 0 fully saturated rings. The highest BCUT2D eigenvalue weighted by atomic mass is 16.5. The standard InChI is InChI=1S/C19H18N2O5/c1-13-5-4-6-14(11-13)20-17(22)12-25-18(23)9-10-21-15-7-2-3-8-16(15)26-19(21)24/h2-8,11H,9-10,12H2,1H3,(H,20,22). The van der Waals surface area contributed by atoms with Crippen LogP contribution in [0.3, 0.4) is 0 Å². The van der Waals surface area contributed by atoms with Gasteiger partial charge in [-0.2, -0.15) is 0 Å². The highest BCUT2D eigenvalue weighted by molar-refractivity contribution is 5.92. The third-order valence-electron chi connectivity index (χ3n) is 3.78. The molecule has 0 radical (unpaired) electrons. The molecule has 0 aliphatic carbocycles. The summed E-state index contributed by atoms with van der Waals surface area (Å²) < 4.78 is 11.4. The molecule has 3 rings (SSSR count). The van der Waals surface area contributed by atoms with Gasteiger partial charge in [0.25, 0.3) is 5.91 Å². The van der Waals surface area contributed by atoms with Crippen LogP contribution in [0.1, 0.15) is 12.0 Å². The molecule has 1 aromatic heterocycles. The summed E-state index contributed by atoms with van der Waals surface area (Å²) in [7, 11) is 0. The zero-order chi connectivity index (χ0) is 18.5. The van der Waals surface area contributed by atoms with Crippen molar-refractivity contribution in [2.24, 2.45) is 0 Å². The van der Waals surface area contributed by atoms with E-state index in [1.807, 2.05) is 25.1 Å². The summed E-state index contributed by atoms with van der Waals surface area (Å²) in [6.45, 7) is 1.65. The number of anilines is 1. The second-order valence-corrected chi connectivity index (χ2v) is 5.82. The summed E-state index contributed by atoms with van der Waals surface area (Å²) in [6.07, 6.45) is -0.0405. The first-order valence-corrected chi connectivity index (χ1v) is 8.13. The fourth-order valence-electron chi connectivity index (χ4n) is 2.57. The van der Waals surface area contributed by atoms with E-state index in [1.54, 1.807) is 30.3 Å². The van der Waals surface area contributed by atoms with Crippen LogP contribution in [-0.4, -0.2) is 23.1 Å². The van der Waals surface area contributed by atoms with Gasteiger partial charge in [0.05, 0.1) is 11.9 Å². The number of amides is 1. The lowest BCUT2D eigenvalue weighted by molar-refractivity contribution is -0.147.